The van der Waals surface area contributed by atoms with Crippen molar-refractivity contribution in [2.24, 2.45) is 0 Å². The maximum absolute atomic E-state index is 13.1. The number of ether oxygens (including phenoxy) is 1. The molecule has 1 rings (SSSR count). The van der Waals surface area contributed by atoms with Crippen LogP contribution in [-0.4, -0.2) is 32.5 Å². The lowest BCUT2D eigenvalue weighted by molar-refractivity contribution is -0.697. The van der Waals surface area contributed by atoms with Gasteiger partial charge in [-0.2, -0.15) is 0 Å². The molecular formula is C25H47NO6P+. The number of aromatic nitrogens is 1. The Balaban J connectivity index is 2.38. The first kappa shape index (κ1) is 30.2. The summed E-state index contributed by atoms with van der Waals surface area (Å²) in [7, 11) is -2.30. The van der Waals surface area contributed by atoms with E-state index in [9.17, 15) is 4.57 Å². The summed E-state index contributed by atoms with van der Waals surface area (Å²) in [5.41, 5.74) is 0. The van der Waals surface area contributed by atoms with Gasteiger partial charge in [0.15, 0.2) is 18.9 Å². The molecular weight excluding hydrogens is 441 g/mol. The van der Waals surface area contributed by atoms with Gasteiger partial charge in [-0.1, -0.05) is 77.7 Å². The van der Waals surface area contributed by atoms with Crippen molar-refractivity contribution < 1.29 is 32.5 Å². The molecule has 192 valence electrons. The summed E-state index contributed by atoms with van der Waals surface area (Å²) >= 11 is 0. The number of hydrogen-bond acceptors (Lipinski definition) is 6. The third kappa shape index (κ3) is 15.7. The second-order valence-electron chi connectivity index (χ2n) is 8.55. The molecule has 3 atom stereocenters. The molecule has 0 radical (unpaired) electrons. The van der Waals surface area contributed by atoms with Gasteiger partial charge in [-0.15, -0.1) is 4.67 Å². The average molecular weight is 489 g/mol. The van der Waals surface area contributed by atoms with Gasteiger partial charge < -0.3 is 4.74 Å². The second-order valence-corrected chi connectivity index (χ2v) is 10.1. The van der Waals surface area contributed by atoms with Gasteiger partial charge in [0.2, 0.25) is 0 Å². The van der Waals surface area contributed by atoms with E-state index in [1.807, 2.05) is 49.0 Å². The van der Waals surface area contributed by atoms with Gasteiger partial charge in [0, 0.05) is 19.2 Å². The molecule has 0 aliphatic carbocycles. The molecule has 0 N–H and O–H groups in total. The van der Waals surface area contributed by atoms with Crippen LogP contribution in [0.15, 0.2) is 30.6 Å². The van der Waals surface area contributed by atoms with E-state index in [1.54, 1.807) is 7.11 Å². The number of pyridine rings is 1. The molecule has 0 aliphatic rings. The van der Waals surface area contributed by atoms with Crippen molar-refractivity contribution in [1.29, 1.82) is 0 Å². The van der Waals surface area contributed by atoms with Gasteiger partial charge in [-0.25, -0.2) is 14.0 Å². The van der Waals surface area contributed by atoms with Crippen LogP contribution in [-0.2, 0) is 34.5 Å². The number of hydrogen-bond donors (Lipinski definition) is 0. The second kappa shape index (κ2) is 19.5. The highest BCUT2D eigenvalue weighted by molar-refractivity contribution is 7.48. The average Bonchev–Trinajstić information content (AvgIpc) is 2.84. The zero-order valence-electron chi connectivity index (χ0n) is 21.3. The summed E-state index contributed by atoms with van der Waals surface area (Å²) in [6.45, 7) is 6.89. The van der Waals surface area contributed by atoms with Crippen molar-refractivity contribution >= 4 is 7.82 Å². The largest absolute Gasteiger partial charge is 0.502 e. The third-order valence-electron chi connectivity index (χ3n) is 5.60. The zero-order chi connectivity index (χ0) is 24.2. The van der Waals surface area contributed by atoms with Gasteiger partial charge in [0.05, 0.1) is 18.8 Å². The van der Waals surface area contributed by atoms with Crippen molar-refractivity contribution in [1.82, 2.24) is 0 Å². The molecule has 0 saturated carbocycles. The molecule has 3 unspecified atom stereocenters. The molecule has 0 aliphatic heterocycles. The molecule has 0 saturated heterocycles. The first-order valence-corrected chi connectivity index (χ1v) is 14.2. The first-order chi connectivity index (χ1) is 16.0. The van der Waals surface area contributed by atoms with Crippen LogP contribution in [0, 0.1) is 0 Å². The minimum absolute atomic E-state index is 0.0880. The molecule has 7 nitrogen and oxygen atoms in total. The van der Waals surface area contributed by atoms with Crippen molar-refractivity contribution in [3.63, 3.8) is 0 Å². The van der Waals surface area contributed by atoms with Gasteiger partial charge in [0.1, 0.15) is 6.61 Å². The van der Waals surface area contributed by atoms with Gasteiger partial charge in [-0.3, -0.25) is 9.05 Å². The lowest BCUT2D eigenvalue weighted by Crippen LogP contribution is -2.34. The number of nitrogens with zero attached hydrogens (tertiary/aromatic N) is 1. The Bertz CT molecular complexity index is 618. The van der Waals surface area contributed by atoms with E-state index in [-0.39, 0.29) is 25.4 Å². The molecule has 0 spiro atoms. The zero-order valence-corrected chi connectivity index (χ0v) is 22.2. The SMILES string of the molecule is CCCCCCCCCCCC(CC)OOP(=O)(OCC[n+]1ccccc1)OCC(C)OC. The van der Waals surface area contributed by atoms with E-state index in [1.165, 1.54) is 51.4 Å². The van der Waals surface area contributed by atoms with Gasteiger partial charge in [0.25, 0.3) is 0 Å². The first-order valence-electron chi connectivity index (χ1n) is 12.7. The van der Waals surface area contributed by atoms with Crippen molar-refractivity contribution in [3.8, 4) is 0 Å². The predicted molar refractivity (Wildman–Crippen MR) is 131 cm³/mol. The minimum Gasteiger partial charge on any atom is -0.379 e. The summed E-state index contributed by atoms with van der Waals surface area (Å²) in [6, 6.07) is 5.79. The molecule has 0 bridgehead atoms. The predicted octanol–water partition coefficient (Wildman–Crippen LogP) is 6.80. The fraction of sp³-hybridized carbons (Fsp3) is 0.800. The summed E-state index contributed by atoms with van der Waals surface area (Å²) < 4.78 is 36.5. The van der Waals surface area contributed by atoms with Crippen LogP contribution in [0.3, 0.4) is 0 Å². The molecule has 1 aromatic rings. The Morgan fingerprint density at radius 2 is 1.52 bits per heavy atom. The van der Waals surface area contributed by atoms with Crippen LogP contribution in [0.5, 0.6) is 0 Å². The molecule has 1 heterocycles. The fourth-order valence-corrected chi connectivity index (χ4v) is 4.39. The third-order valence-corrected chi connectivity index (χ3v) is 6.83. The number of rotatable bonds is 22. The molecule has 33 heavy (non-hydrogen) atoms. The Labute approximate surface area is 201 Å². The van der Waals surface area contributed by atoms with E-state index < -0.39 is 7.82 Å². The Hall–Kier alpha value is -0.820. The number of unbranched alkanes of at least 4 members (excludes halogenated alkanes) is 8. The lowest BCUT2D eigenvalue weighted by Gasteiger charge is -2.21. The smallest absolute Gasteiger partial charge is 0.379 e. The van der Waals surface area contributed by atoms with Crippen molar-refractivity contribution in [2.45, 2.75) is 110 Å². The summed E-state index contributed by atoms with van der Waals surface area (Å²) in [5, 5.41) is 0. The minimum atomic E-state index is -3.87. The van der Waals surface area contributed by atoms with Crippen LogP contribution in [0.1, 0.15) is 91.4 Å². The van der Waals surface area contributed by atoms with Gasteiger partial charge >= 0.3 is 7.82 Å². The van der Waals surface area contributed by atoms with Crippen molar-refractivity contribution in [3.05, 3.63) is 30.6 Å². The van der Waals surface area contributed by atoms with Crippen LogP contribution >= 0.6 is 7.82 Å². The van der Waals surface area contributed by atoms with E-state index in [0.29, 0.717) is 6.54 Å². The Morgan fingerprint density at radius 1 is 0.879 bits per heavy atom. The molecule has 0 aromatic carbocycles. The highest BCUT2D eigenvalue weighted by atomic mass is 31.2. The highest BCUT2D eigenvalue weighted by Gasteiger charge is 2.31. The Morgan fingerprint density at radius 3 is 2.12 bits per heavy atom. The maximum atomic E-state index is 13.1. The lowest BCUT2D eigenvalue weighted by atomic mass is 10.0. The van der Waals surface area contributed by atoms with Crippen molar-refractivity contribution in [2.75, 3.05) is 20.3 Å². The topological polar surface area (TPSA) is 67.1 Å². The molecule has 8 heteroatoms. The van der Waals surface area contributed by atoms with E-state index in [2.05, 4.69) is 6.92 Å². The van der Waals surface area contributed by atoms with E-state index in [0.717, 1.165) is 19.3 Å². The number of methoxy groups -OCH3 is 1. The van der Waals surface area contributed by atoms with Gasteiger partial charge in [-0.05, 0) is 19.8 Å². The number of phosphoric acid groups is 1. The fourth-order valence-electron chi connectivity index (χ4n) is 3.30. The molecule has 0 fully saturated rings. The van der Waals surface area contributed by atoms with Crippen LogP contribution < -0.4 is 4.57 Å². The van der Waals surface area contributed by atoms with Crippen LogP contribution in [0.25, 0.3) is 0 Å². The highest BCUT2D eigenvalue weighted by Crippen LogP contribution is 2.50. The molecule has 0 amide bonds. The standard InChI is InChI=1S/C25H47NO6P/c1-5-7-8-9-10-11-12-13-15-18-25(6-2)31-32-33(27,30-23-24(3)28-4)29-22-21-26-19-16-14-17-20-26/h14,16-17,19-20,24-25H,5-13,15,18,21-23H2,1-4H3/q+1. The Kier molecular flexibility index (Phi) is 17.8. The summed E-state index contributed by atoms with van der Waals surface area (Å²) in [4.78, 5) is 5.54. The summed E-state index contributed by atoms with van der Waals surface area (Å²) in [5.74, 6) is 0. The van der Waals surface area contributed by atoms with Crippen LogP contribution in [0.2, 0.25) is 0 Å². The number of phosphoric ester groups is 1. The van der Waals surface area contributed by atoms with Crippen LogP contribution in [0.4, 0.5) is 0 Å². The van der Waals surface area contributed by atoms with E-state index in [4.69, 9.17) is 23.3 Å². The summed E-state index contributed by atoms with van der Waals surface area (Å²) in [6.07, 6.45) is 16.6. The maximum Gasteiger partial charge on any atom is 0.502 e. The normalized spacial score (nSPS) is 15.3. The quantitative estimate of drug-likeness (QED) is 0.0588. The molecule has 1 aromatic heterocycles. The monoisotopic (exact) mass is 488 g/mol. The van der Waals surface area contributed by atoms with E-state index >= 15 is 0 Å².